The zero-order valence-corrected chi connectivity index (χ0v) is 8.75. The van der Waals surface area contributed by atoms with Crippen LogP contribution in [0.1, 0.15) is 19.4 Å². The van der Waals surface area contributed by atoms with Crippen molar-refractivity contribution in [1.29, 1.82) is 5.26 Å². The third-order valence-corrected chi connectivity index (χ3v) is 2.40. The van der Waals surface area contributed by atoms with Crippen LogP contribution in [0.2, 0.25) is 0 Å². The highest BCUT2D eigenvalue weighted by molar-refractivity contribution is 5.48. The Morgan fingerprint density at radius 3 is 2.50 bits per heavy atom. The van der Waals surface area contributed by atoms with E-state index < -0.39 is 11.7 Å². The third-order valence-electron chi connectivity index (χ3n) is 2.40. The molecule has 5 heteroatoms. The lowest BCUT2D eigenvalue weighted by molar-refractivity contribution is -0.286. The highest BCUT2D eigenvalue weighted by Gasteiger charge is 2.43. The fourth-order valence-electron chi connectivity index (χ4n) is 1.40. The Labute approximate surface area is 91.2 Å². The van der Waals surface area contributed by atoms with E-state index in [1.807, 2.05) is 0 Å². The first kappa shape index (κ1) is 10.7. The van der Waals surface area contributed by atoms with Gasteiger partial charge in [-0.1, -0.05) is 6.07 Å². The molecule has 3 nitrogen and oxygen atoms in total. The fraction of sp³-hybridized carbons (Fsp3) is 0.364. The lowest BCUT2D eigenvalue weighted by atomic mass is 9.86. The van der Waals surface area contributed by atoms with Crippen LogP contribution in [0.15, 0.2) is 18.2 Å². The fourth-order valence-corrected chi connectivity index (χ4v) is 1.40. The van der Waals surface area contributed by atoms with Gasteiger partial charge in [-0.15, -0.1) is 8.78 Å². The number of ether oxygens (including phenoxy) is 2. The van der Waals surface area contributed by atoms with E-state index >= 15 is 0 Å². The van der Waals surface area contributed by atoms with E-state index in [4.69, 9.17) is 5.26 Å². The molecule has 84 valence electrons. The standard InChI is InChI=1S/C11H9F2NO2/c1-10(2,6-14)7-3-4-8-9(5-7)16-11(12,13)15-8/h3-5H,1-2H3. The van der Waals surface area contributed by atoms with Crippen LogP contribution in [-0.4, -0.2) is 6.29 Å². The minimum Gasteiger partial charge on any atom is -0.395 e. The van der Waals surface area contributed by atoms with E-state index in [0.717, 1.165) is 0 Å². The maximum absolute atomic E-state index is 12.7. The van der Waals surface area contributed by atoms with Gasteiger partial charge in [-0.3, -0.25) is 0 Å². The molecule has 1 aliphatic heterocycles. The first-order valence-corrected chi connectivity index (χ1v) is 4.66. The third kappa shape index (κ3) is 1.67. The van der Waals surface area contributed by atoms with Gasteiger partial charge >= 0.3 is 6.29 Å². The Balaban J connectivity index is 2.41. The predicted molar refractivity (Wildman–Crippen MR) is 51.3 cm³/mol. The molecule has 0 spiro atoms. The number of hydrogen-bond acceptors (Lipinski definition) is 3. The molecule has 16 heavy (non-hydrogen) atoms. The Morgan fingerprint density at radius 2 is 1.88 bits per heavy atom. The molecular formula is C11H9F2NO2. The van der Waals surface area contributed by atoms with Crippen molar-refractivity contribution in [3.63, 3.8) is 0 Å². The Hall–Kier alpha value is -1.83. The highest BCUT2D eigenvalue weighted by Crippen LogP contribution is 2.42. The van der Waals surface area contributed by atoms with Crippen LogP contribution in [0.3, 0.4) is 0 Å². The second-order valence-corrected chi connectivity index (χ2v) is 4.07. The zero-order chi connectivity index (χ0) is 12.0. The number of benzene rings is 1. The normalized spacial score (nSPS) is 16.9. The van der Waals surface area contributed by atoms with Gasteiger partial charge in [0.25, 0.3) is 0 Å². The summed E-state index contributed by atoms with van der Waals surface area (Å²) < 4.78 is 34.0. The first-order valence-electron chi connectivity index (χ1n) is 4.66. The van der Waals surface area contributed by atoms with E-state index in [2.05, 4.69) is 15.5 Å². The molecule has 0 aliphatic carbocycles. The average Bonchev–Trinajstić information content (AvgIpc) is 2.50. The minimum absolute atomic E-state index is 0.0116. The monoisotopic (exact) mass is 225 g/mol. The van der Waals surface area contributed by atoms with E-state index in [1.165, 1.54) is 12.1 Å². The second-order valence-electron chi connectivity index (χ2n) is 4.07. The number of nitriles is 1. The van der Waals surface area contributed by atoms with E-state index in [9.17, 15) is 8.78 Å². The molecule has 0 aromatic heterocycles. The minimum atomic E-state index is -3.61. The van der Waals surface area contributed by atoms with Crippen LogP contribution in [0, 0.1) is 11.3 Å². The van der Waals surface area contributed by atoms with Gasteiger partial charge in [0, 0.05) is 0 Å². The molecular weight excluding hydrogens is 216 g/mol. The van der Waals surface area contributed by atoms with Crippen molar-refractivity contribution in [2.24, 2.45) is 0 Å². The van der Waals surface area contributed by atoms with Gasteiger partial charge in [0.05, 0.1) is 11.5 Å². The van der Waals surface area contributed by atoms with Gasteiger partial charge in [0.2, 0.25) is 0 Å². The van der Waals surface area contributed by atoms with Crippen molar-refractivity contribution >= 4 is 0 Å². The maximum atomic E-state index is 12.7. The second kappa shape index (κ2) is 3.08. The molecule has 0 fully saturated rings. The number of fused-ring (bicyclic) bond motifs is 1. The average molecular weight is 225 g/mol. The van der Waals surface area contributed by atoms with Crippen molar-refractivity contribution in [1.82, 2.24) is 0 Å². The summed E-state index contributed by atoms with van der Waals surface area (Å²) >= 11 is 0. The topological polar surface area (TPSA) is 42.2 Å². The number of rotatable bonds is 1. The Morgan fingerprint density at radius 1 is 1.25 bits per heavy atom. The largest absolute Gasteiger partial charge is 0.586 e. The van der Waals surface area contributed by atoms with Crippen LogP contribution in [0.25, 0.3) is 0 Å². The SMILES string of the molecule is CC(C)(C#N)c1ccc2c(c1)OC(F)(F)O2. The summed E-state index contributed by atoms with van der Waals surface area (Å²) in [6.07, 6.45) is -3.61. The van der Waals surface area contributed by atoms with E-state index in [-0.39, 0.29) is 11.5 Å². The summed E-state index contributed by atoms with van der Waals surface area (Å²) in [6, 6.07) is 6.44. The number of nitrogens with zero attached hydrogens (tertiary/aromatic N) is 1. The first-order chi connectivity index (χ1) is 7.34. The van der Waals surface area contributed by atoms with E-state index in [1.54, 1.807) is 19.9 Å². The molecule has 0 saturated carbocycles. The zero-order valence-electron chi connectivity index (χ0n) is 8.75. The molecule has 2 rings (SSSR count). The van der Waals surface area contributed by atoms with Crippen molar-refractivity contribution in [2.75, 3.05) is 0 Å². The molecule has 0 amide bonds. The van der Waals surface area contributed by atoms with Gasteiger partial charge in [0.1, 0.15) is 0 Å². The van der Waals surface area contributed by atoms with Crippen LogP contribution >= 0.6 is 0 Å². The summed E-state index contributed by atoms with van der Waals surface area (Å²) in [7, 11) is 0. The van der Waals surface area contributed by atoms with Crippen molar-refractivity contribution in [3.8, 4) is 17.6 Å². The lowest BCUT2D eigenvalue weighted by Gasteiger charge is -2.15. The van der Waals surface area contributed by atoms with E-state index in [0.29, 0.717) is 5.56 Å². The number of hydrogen-bond donors (Lipinski definition) is 0. The van der Waals surface area contributed by atoms with Gasteiger partial charge in [-0.05, 0) is 31.5 Å². The predicted octanol–water partition coefficient (Wildman–Crippen LogP) is 2.81. The molecule has 0 N–H and O–H groups in total. The smallest absolute Gasteiger partial charge is 0.395 e. The Kier molecular flexibility index (Phi) is 2.06. The molecule has 0 unspecified atom stereocenters. The van der Waals surface area contributed by atoms with Gasteiger partial charge in [0.15, 0.2) is 11.5 Å². The van der Waals surface area contributed by atoms with Gasteiger partial charge < -0.3 is 9.47 Å². The molecule has 0 saturated heterocycles. The van der Waals surface area contributed by atoms with Crippen molar-refractivity contribution < 1.29 is 18.3 Å². The lowest BCUT2D eigenvalue weighted by Crippen LogP contribution is -2.26. The molecule has 1 heterocycles. The highest BCUT2D eigenvalue weighted by atomic mass is 19.3. The molecule has 1 aromatic carbocycles. The van der Waals surface area contributed by atoms with Crippen LogP contribution in [-0.2, 0) is 5.41 Å². The molecule has 1 aliphatic rings. The summed E-state index contributed by atoms with van der Waals surface area (Å²) in [4.78, 5) is 0. The molecule has 0 radical (unpaired) electrons. The van der Waals surface area contributed by atoms with Crippen LogP contribution in [0.5, 0.6) is 11.5 Å². The molecule has 1 aromatic rings. The van der Waals surface area contributed by atoms with Crippen LogP contribution < -0.4 is 9.47 Å². The Bertz CT molecular complexity index is 477. The number of alkyl halides is 2. The van der Waals surface area contributed by atoms with Gasteiger partial charge in [-0.2, -0.15) is 5.26 Å². The van der Waals surface area contributed by atoms with Gasteiger partial charge in [-0.25, -0.2) is 0 Å². The summed E-state index contributed by atoms with van der Waals surface area (Å²) in [5.41, 5.74) is -0.147. The maximum Gasteiger partial charge on any atom is 0.586 e. The summed E-state index contributed by atoms with van der Waals surface area (Å²) in [6.45, 7) is 3.39. The van der Waals surface area contributed by atoms with Crippen molar-refractivity contribution in [3.05, 3.63) is 23.8 Å². The number of halogens is 2. The summed E-state index contributed by atoms with van der Waals surface area (Å²) in [5.74, 6) is -0.0479. The molecule has 0 atom stereocenters. The summed E-state index contributed by atoms with van der Waals surface area (Å²) in [5, 5.41) is 8.93. The molecule has 0 bridgehead atoms. The quantitative estimate of drug-likeness (QED) is 0.738. The van der Waals surface area contributed by atoms with Crippen LogP contribution in [0.4, 0.5) is 8.78 Å². The van der Waals surface area contributed by atoms with Crippen molar-refractivity contribution in [2.45, 2.75) is 25.6 Å².